The van der Waals surface area contributed by atoms with Crippen LogP contribution >= 0.6 is 0 Å². The van der Waals surface area contributed by atoms with Gasteiger partial charge in [0.2, 0.25) is 0 Å². The number of esters is 1. The van der Waals surface area contributed by atoms with Crippen LogP contribution in [0.25, 0.3) is 0 Å². The van der Waals surface area contributed by atoms with E-state index in [4.69, 9.17) is 0 Å². The van der Waals surface area contributed by atoms with Gasteiger partial charge in [-0.1, -0.05) is 12.7 Å². The zero-order chi connectivity index (χ0) is 7.28. The molecular weight excluding hydrogens is 116 g/mol. The van der Waals surface area contributed by atoms with E-state index in [1.165, 1.54) is 6.92 Å². The molecule has 0 atom stereocenters. The van der Waals surface area contributed by atoms with Crippen LogP contribution in [0.15, 0.2) is 24.5 Å². The first kappa shape index (κ1) is 7.95. The minimum Gasteiger partial charge on any atom is -0.432 e. The fourth-order valence-electron chi connectivity index (χ4n) is 0.427. The van der Waals surface area contributed by atoms with E-state index < -0.39 is 0 Å². The number of carbonyl (C=O) groups is 1. The maximum Gasteiger partial charge on any atom is 0.307 e. The maximum atomic E-state index is 10.2. The molecule has 0 spiro atoms. The molecule has 0 bridgehead atoms. The summed E-state index contributed by atoms with van der Waals surface area (Å²) in [4.78, 5) is 10.2. The quantitative estimate of drug-likeness (QED) is 0.319. The van der Waals surface area contributed by atoms with Crippen molar-refractivity contribution in [3.05, 3.63) is 24.5 Å². The predicted molar refractivity (Wildman–Crippen MR) is 35.7 cm³/mol. The molecule has 0 heterocycles. The van der Waals surface area contributed by atoms with Gasteiger partial charge >= 0.3 is 5.97 Å². The molecule has 0 N–H and O–H groups in total. The lowest BCUT2D eigenvalue weighted by atomic mass is 10.5. The lowest BCUT2D eigenvalue weighted by molar-refractivity contribution is -0.136. The van der Waals surface area contributed by atoms with Gasteiger partial charge in [0, 0.05) is 6.92 Å². The fraction of sp³-hybridized carbons (Fsp3) is 0.286. The Kier molecular flexibility index (Phi) is 3.44. The van der Waals surface area contributed by atoms with Crippen LogP contribution < -0.4 is 0 Å². The average Bonchev–Trinajstić information content (AvgIpc) is 1.63. The topological polar surface area (TPSA) is 26.3 Å². The zero-order valence-electron chi connectivity index (χ0n) is 5.68. The van der Waals surface area contributed by atoms with Crippen LogP contribution in [0.5, 0.6) is 0 Å². The largest absolute Gasteiger partial charge is 0.432 e. The summed E-state index contributed by atoms with van der Waals surface area (Å²) in [6, 6.07) is 0. The van der Waals surface area contributed by atoms with Crippen LogP contribution in [0, 0.1) is 0 Å². The highest BCUT2D eigenvalue weighted by molar-refractivity contribution is 5.67. The standard InChI is InChI=1S/C7H10O2/c1-4-5-6(2)9-7(3)8/h4-5H,1H2,2-3H3/b6-5+. The Hall–Kier alpha value is -1.05. The summed E-state index contributed by atoms with van der Waals surface area (Å²) in [6.45, 7) is 6.50. The molecule has 0 aliphatic rings. The van der Waals surface area contributed by atoms with E-state index in [0.717, 1.165) is 0 Å². The first-order valence-electron chi connectivity index (χ1n) is 2.64. The van der Waals surface area contributed by atoms with Crippen LogP contribution in [0.3, 0.4) is 0 Å². The van der Waals surface area contributed by atoms with E-state index in [-0.39, 0.29) is 5.97 Å². The van der Waals surface area contributed by atoms with Gasteiger partial charge in [0.05, 0.1) is 0 Å². The van der Waals surface area contributed by atoms with Gasteiger partial charge < -0.3 is 4.74 Å². The lowest BCUT2D eigenvalue weighted by Crippen LogP contribution is -1.94. The number of hydrogen-bond donors (Lipinski definition) is 0. The van der Waals surface area contributed by atoms with Gasteiger partial charge in [-0.05, 0) is 13.0 Å². The molecule has 9 heavy (non-hydrogen) atoms. The first-order valence-corrected chi connectivity index (χ1v) is 2.64. The van der Waals surface area contributed by atoms with E-state index in [0.29, 0.717) is 5.76 Å². The van der Waals surface area contributed by atoms with E-state index >= 15 is 0 Å². The highest BCUT2D eigenvalue weighted by atomic mass is 16.5. The van der Waals surface area contributed by atoms with Crippen molar-refractivity contribution in [2.45, 2.75) is 13.8 Å². The molecule has 2 nitrogen and oxygen atoms in total. The summed E-state index contributed by atoms with van der Waals surface area (Å²) >= 11 is 0. The summed E-state index contributed by atoms with van der Waals surface area (Å²) in [5, 5.41) is 0. The number of rotatable bonds is 2. The minimum absolute atomic E-state index is 0.300. The second-order valence-corrected chi connectivity index (χ2v) is 1.61. The van der Waals surface area contributed by atoms with E-state index in [1.54, 1.807) is 19.1 Å². The van der Waals surface area contributed by atoms with Crippen LogP contribution in [-0.2, 0) is 9.53 Å². The average molecular weight is 126 g/mol. The van der Waals surface area contributed by atoms with Gasteiger partial charge in [-0.25, -0.2) is 0 Å². The molecule has 0 aliphatic heterocycles. The molecular formula is C7H10O2. The van der Waals surface area contributed by atoms with Gasteiger partial charge in [-0.2, -0.15) is 0 Å². The van der Waals surface area contributed by atoms with Crippen molar-refractivity contribution in [1.82, 2.24) is 0 Å². The molecule has 0 radical (unpaired) electrons. The highest BCUT2D eigenvalue weighted by Gasteiger charge is 1.90. The minimum atomic E-state index is -0.300. The summed E-state index contributed by atoms with van der Waals surface area (Å²) in [5.74, 6) is 0.267. The van der Waals surface area contributed by atoms with Gasteiger partial charge in [-0.15, -0.1) is 0 Å². The molecule has 0 aromatic carbocycles. The molecule has 50 valence electrons. The molecule has 0 saturated carbocycles. The van der Waals surface area contributed by atoms with Crippen molar-refractivity contribution in [1.29, 1.82) is 0 Å². The molecule has 0 unspecified atom stereocenters. The van der Waals surface area contributed by atoms with Crippen LogP contribution in [-0.4, -0.2) is 5.97 Å². The van der Waals surface area contributed by atoms with Crippen LogP contribution in [0.2, 0.25) is 0 Å². The van der Waals surface area contributed by atoms with Crippen LogP contribution in [0.4, 0.5) is 0 Å². The van der Waals surface area contributed by atoms with Crippen molar-refractivity contribution in [3.8, 4) is 0 Å². The molecule has 0 amide bonds. The third-order valence-corrected chi connectivity index (χ3v) is 0.657. The van der Waals surface area contributed by atoms with Crippen molar-refractivity contribution in [3.63, 3.8) is 0 Å². The molecule has 2 heteroatoms. The number of hydrogen-bond acceptors (Lipinski definition) is 2. The Morgan fingerprint density at radius 1 is 1.56 bits per heavy atom. The SMILES string of the molecule is C=C/C=C(\C)OC(C)=O. The summed E-state index contributed by atoms with van der Waals surface area (Å²) in [5.41, 5.74) is 0. The zero-order valence-corrected chi connectivity index (χ0v) is 5.68. The Labute approximate surface area is 54.8 Å². The predicted octanol–water partition coefficient (Wildman–Crippen LogP) is 1.64. The van der Waals surface area contributed by atoms with Gasteiger partial charge in [0.1, 0.15) is 5.76 Å². The normalized spacial score (nSPS) is 10.7. The Bertz CT molecular complexity index is 145. The molecule has 0 aliphatic carbocycles. The molecule has 0 fully saturated rings. The lowest BCUT2D eigenvalue weighted by Gasteiger charge is -1.96. The third-order valence-electron chi connectivity index (χ3n) is 0.657. The molecule has 0 aromatic rings. The second kappa shape index (κ2) is 3.89. The Balaban J connectivity index is 3.75. The monoisotopic (exact) mass is 126 g/mol. The number of allylic oxidation sites excluding steroid dienone is 3. The second-order valence-electron chi connectivity index (χ2n) is 1.61. The summed E-state index contributed by atoms with van der Waals surface area (Å²) in [6.07, 6.45) is 3.19. The van der Waals surface area contributed by atoms with Crippen molar-refractivity contribution in [2.75, 3.05) is 0 Å². The molecule has 0 saturated heterocycles. The third kappa shape index (κ3) is 4.81. The summed E-state index contributed by atoms with van der Waals surface area (Å²) in [7, 11) is 0. The van der Waals surface area contributed by atoms with E-state index in [2.05, 4.69) is 11.3 Å². The fourth-order valence-corrected chi connectivity index (χ4v) is 0.427. The Morgan fingerprint density at radius 3 is 2.44 bits per heavy atom. The van der Waals surface area contributed by atoms with Crippen LogP contribution in [0.1, 0.15) is 13.8 Å². The number of ether oxygens (including phenoxy) is 1. The van der Waals surface area contributed by atoms with Gasteiger partial charge in [-0.3, -0.25) is 4.79 Å². The first-order chi connectivity index (χ1) is 4.16. The summed E-state index contributed by atoms with van der Waals surface area (Å²) < 4.78 is 4.64. The number of carbonyl (C=O) groups excluding carboxylic acids is 1. The van der Waals surface area contributed by atoms with Gasteiger partial charge in [0.25, 0.3) is 0 Å². The van der Waals surface area contributed by atoms with Gasteiger partial charge in [0.15, 0.2) is 0 Å². The van der Waals surface area contributed by atoms with E-state index in [1.807, 2.05) is 0 Å². The molecule has 0 rings (SSSR count). The highest BCUT2D eigenvalue weighted by Crippen LogP contribution is 1.94. The van der Waals surface area contributed by atoms with Crippen molar-refractivity contribution in [2.24, 2.45) is 0 Å². The smallest absolute Gasteiger partial charge is 0.307 e. The molecule has 0 aromatic heterocycles. The van der Waals surface area contributed by atoms with E-state index in [9.17, 15) is 4.79 Å². The Morgan fingerprint density at radius 2 is 2.11 bits per heavy atom. The maximum absolute atomic E-state index is 10.2. The van der Waals surface area contributed by atoms with Crippen molar-refractivity contribution >= 4 is 5.97 Å². The van der Waals surface area contributed by atoms with Crippen molar-refractivity contribution < 1.29 is 9.53 Å².